The van der Waals surface area contributed by atoms with E-state index in [1.165, 1.54) is 13.4 Å². The standard InChI is InChI=1S/C15H12O5/c1-17-15(16)14-11(6-7-18-14)4-2-10-3-5-12-13(8-10)20-9-19-12/h2-8H,9H2,1H3. The topological polar surface area (TPSA) is 57.9 Å². The van der Waals surface area contributed by atoms with E-state index >= 15 is 0 Å². The summed E-state index contributed by atoms with van der Waals surface area (Å²) in [5, 5.41) is 0. The molecule has 5 heteroatoms. The predicted molar refractivity (Wildman–Crippen MR) is 71.5 cm³/mol. The van der Waals surface area contributed by atoms with Crippen molar-refractivity contribution in [3.05, 3.63) is 47.4 Å². The first-order chi connectivity index (χ1) is 9.78. The van der Waals surface area contributed by atoms with Gasteiger partial charge in [-0.05, 0) is 23.8 Å². The van der Waals surface area contributed by atoms with Crippen LogP contribution in [0.15, 0.2) is 34.9 Å². The Morgan fingerprint density at radius 2 is 2.05 bits per heavy atom. The first-order valence-electron chi connectivity index (χ1n) is 6.01. The lowest BCUT2D eigenvalue weighted by Gasteiger charge is -1.98. The molecule has 0 saturated heterocycles. The van der Waals surface area contributed by atoms with E-state index in [4.69, 9.17) is 13.9 Å². The number of esters is 1. The highest BCUT2D eigenvalue weighted by Gasteiger charge is 2.14. The minimum atomic E-state index is -0.500. The van der Waals surface area contributed by atoms with E-state index in [1.807, 2.05) is 24.3 Å². The number of rotatable bonds is 3. The maximum Gasteiger partial charge on any atom is 0.374 e. The highest BCUT2D eigenvalue weighted by molar-refractivity contribution is 5.92. The summed E-state index contributed by atoms with van der Waals surface area (Å²) in [6.45, 7) is 0.247. The minimum Gasteiger partial charge on any atom is -0.463 e. The summed E-state index contributed by atoms with van der Waals surface area (Å²) in [4.78, 5) is 11.5. The molecule has 0 spiro atoms. The van der Waals surface area contributed by atoms with Crippen LogP contribution in [0.2, 0.25) is 0 Å². The maximum atomic E-state index is 11.5. The van der Waals surface area contributed by atoms with Gasteiger partial charge in [0, 0.05) is 5.56 Å². The molecule has 1 aliphatic heterocycles. The number of hydrogen-bond donors (Lipinski definition) is 0. The average Bonchev–Trinajstić information content (AvgIpc) is 3.12. The third-order valence-corrected chi connectivity index (χ3v) is 2.92. The number of ether oxygens (including phenoxy) is 3. The first kappa shape index (κ1) is 12.3. The molecule has 20 heavy (non-hydrogen) atoms. The lowest BCUT2D eigenvalue weighted by molar-refractivity contribution is 0.0565. The Balaban J connectivity index is 1.84. The maximum absolute atomic E-state index is 11.5. The average molecular weight is 272 g/mol. The minimum absolute atomic E-state index is 0.185. The summed E-state index contributed by atoms with van der Waals surface area (Å²) in [5.74, 6) is 1.14. The number of carbonyl (C=O) groups excluding carboxylic acids is 1. The van der Waals surface area contributed by atoms with Gasteiger partial charge in [0.25, 0.3) is 0 Å². The fourth-order valence-electron chi connectivity index (χ4n) is 1.91. The van der Waals surface area contributed by atoms with E-state index < -0.39 is 5.97 Å². The normalized spacial score (nSPS) is 12.8. The molecule has 0 atom stereocenters. The van der Waals surface area contributed by atoms with Crippen LogP contribution >= 0.6 is 0 Å². The monoisotopic (exact) mass is 272 g/mol. The van der Waals surface area contributed by atoms with Gasteiger partial charge in [0.05, 0.1) is 13.4 Å². The second-order valence-electron chi connectivity index (χ2n) is 4.14. The van der Waals surface area contributed by atoms with E-state index in [1.54, 1.807) is 12.1 Å². The van der Waals surface area contributed by atoms with Gasteiger partial charge in [-0.3, -0.25) is 0 Å². The van der Waals surface area contributed by atoms with Gasteiger partial charge in [-0.15, -0.1) is 0 Å². The van der Waals surface area contributed by atoms with E-state index in [0.717, 1.165) is 11.3 Å². The van der Waals surface area contributed by atoms with Crippen LogP contribution in [-0.2, 0) is 4.74 Å². The summed E-state index contributed by atoms with van der Waals surface area (Å²) in [5.41, 5.74) is 1.60. The molecule has 0 amide bonds. The van der Waals surface area contributed by atoms with Gasteiger partial charge in [-0.25, -0.2) is 4.79 Å². The number of benzene rings is 1. The molecule has 102 valence electrons. The van der Waals surface area contributed by atoms with E-state index in [-0.39, 0.29) is 12.6 Å². The molecular formula is C15H12O5. The van der Waals surface area contributed by atoms with E-state index in [0.29, 0.717) is 11.3 Å². The Hall–Kier alpha value is -2.69. The van der Waals surface area contributed by atoms with Gasteiger partial charge in [-0.1, -0.05) is 18.2 Å². The van der Waals surface area contributed by atoms with Crippen molar-refractivity contribution in [2.24, 2.45) is 0 Å². The molecule has 0 aliphatic carbocycles. The zero-order chi connectivity index (χ0) is 13.9. The third kappa shape index (κ3) is 2.25. The van der Waals surface area contributed by atoms with Gasteiger partial charge in [0.2, 0.25) is 12.6 Å². The van der Waals surface area contributed by atoms with Crippen molar-refractivity contribution in [1.29, 1.82) is 0 Å². The number of carbonyl (C=O) groups is 1. The van der Waals surface area contributed by atoms with Crippen LogP contribution in [0, 0.1) is 0 Å². The molecule has 5 nitrogen and oxygen atoms in total. The van der Waals surface area contributed by atoms with Crippen molar-refractivity contribution < 1.29 is 23.4 Å². The Bertz CT molecular complexity index is 669. The molecule has 3 rings (SSSR count). The summed E-state index contributed by atoms with van der Waals surface area (Å²) in [6.07, 6.45) is 5.10. The molecule has 1 aliphatic rings. The second-order valence-corrected chi connectivity index (χ2v) is 4.14. The Morgan fingerprint density at radius 3 is 2.90 bits per heavy atom. The van der Waals surface area contributed by atoms with Gasteiger partial charge in [-0.2, -0.15) is 0 Å². The highest BCUT2D eigenvalue weighted by Crippen LogP contribution is 2.33. The van der Waals surface area contributed by atoms with Crippen LogP contribution in [0.3, 0.4) is 0 Å². The smallest absolute Gasteiger partial charge is 0.374 e. The molecule has 1 aromatic carbocycles. The van der Waals surface area contributed by atoms with Crippen LogP contribution in [0.5, 0.6) is 11.5 Å². The molecule has 0 bridgehead atoms. The Labute approximate surface area is 115 Å². The van der Waals surface area contributed by atoms with Gasteiger partial charge < -0.3 is 18.6 Å². The van der Waals surface area contributed by atoms with Crippen molar-refractivity contribution >= 4 is 18.1 Å². The molecular weight excluding hydrogens is 260 g/mol. The van der Waals surface area contributed by atoms with Crippen molar-refractivity contribution in [3.63, 3.8) is 0 Å². The lowest BCUT2D eigenvalue weighted by Crippen LogP contribution is -2.00. The van der Waals surface area contributed by atoms with Crippen molar-refractivity contribution in [2.75, 3.05) is 13.9 Å². The molecule has 2 aromatic rings. The highest BCUT2D eigenvalue weighted by atomic mass is 16.7. The quantitative estimate of drug-likeness (QED) is 0.804. The van der Waals surface area contributed by atoms with Crippen molar-refractivity contribution in [3.8, 4) is 11.5 Å². The van der Waals surface area contributed by atoms with Crippen LogP contribution in [0.1, 0.15) is 21.7 Å². The van der Waals surface area contributed by atoms with Crippen LogP contribution in [0.25, 0.3) is 12.2 Å². The van der Waals surface area contributed by atoms with Crippen molar-refractivity contribution in [2.45, 2.75) is 0 Å². The third-order valence-electron chi connectivity index (χ3n) is 2.92. The van der Waals surface area contributed by atoms with E-state index in [2.05, 4.69) is 4.74 Å². The SMILES string of the molecule is COC(=O)c1occc1C=Cc1ccc2c(c1)OCO2. The predicted octanol–water partition coefficient (Wildman–Crippen LogP) is 2.97. The summed E-state index contributed by atoms with van der Waals surface area (Å²) in [6, 6.07) is 7.33. The Kier molecular flexibility index (Phi) is 3.16. The van der Waals surface area contributed by atoms with E-state index in [9.17, 15) is 4.79 Å². The first-order valence-corrected chi connectivity index (χ1v) is 6.01. The lowest BCUT2D eigenvalue weighted by atomic mass is 10.1. The summed E-state index contributed by atoms with van der Waals surface area (Å²) in [7, 11) is 1.32. The molecule has 2 heterocycles. The zero-order valence-corrected chi connectivity index (χ0v) is 10.8. The molecule has 0 unspecified atom stereocenters. The molecule has 1 aromatic heterocycles. The van der Waals surface area contributed by atoms with Crippen LogP contribution in [-0.4, -0.2) is 19.9 Å². The number of furan rings is 1. The largest absolute Gasteiger partial charge is 0.463 e. The molecule has 0 fully saturated rings. The van der Waals surface area contributed by atoms with Crippen LogP contribution in [0.4, 0.5) is 0 Å². The van der Waals surface area contributed by atoms with Gasteiger partial charge in [0.15, 0.2) is 11.5 Å². The van der Waals surface area contributed by atoms with Gasteiger partial charge >= 0.3 is 5.97 Å². The fourth-order valence-corrected chi connectivity index (χ4v) is 1.91. The van der Waals surface area contributed by atoms with Crippen LogP contribution < -0.4 is 9.47 Å². The second kappa shape index (κ2) is 5.13. The number of fused-ring (bicyclic) bond motifs is 1. The summed E-state index contributed by atoms with van der Waals surface area (Å²) >= 11 is 0. The molecule has 0 radical (unpaired) electrons. The molecule has 0 saturated carbocycles. The summed E-state index contributed by atoms with van der Waals surface area (Å²) < 4.78 is 20.3. The number of hydrogen-bond acceptors (Lipinski definition) is 5. The zero-order valence-electron chi connectivity index (χ0n) is 10.8. The van der Waals surface area contributed by atoms with Gasteiger partial charge in [0.1, 0.15) is 0 Å². The number of methoxy groups -OCH3 is 1. The fraction of sp³-hybridized carbons (Fsp3) is 0.133. The van der Waals surface area contributed by atoms with Crippen molar-refractivity contribution in [1.82, 2.24) is 0 Å². The molecule has 0 N–H and O–H groups in total. The Morgan fingerprint density at radius 1 is 1.20 bits per heavy atom.